The summed E-state index contributed by atoms with van der Waals surface area (Å²) in [6, 6.07) is 18.3. The van der Waals surface area contributed by atoms with Gasteiger partial charge in [0, 0.05) is 11.1 Å². The first kappa shape index (κ1) is 17.9. The molecule has 2 unspecified atom stereocenters. The number of fused-ring (bicyclic) bond motifs is 7. The van der Waals surface area contributed by atoms with E-state index in [1.807, 2.05) is 6.92 Å². The maximum absolute atomic E-state index is 13.0. The van der Waals surface area contributed by atoms with Gasteiger partial charge in [0.15, 0.2) is 6.04 Å². The van der Waals surface area contributed by atoms with Crippen LogP contribution in [-0.4, -0.2) is 36.2 Å². The summed E-state index contributed by atoms with van der Waals surface area (Å²) in [5.41, 5.74) is 5.75. The van der Waals surface area contributed by atoms with Gasteiger partial charge in [-0.05, 0) is 50.7 Å². The lowest BCUT2D eigenvalue weighted by molar-refractivity contribution is -0.846. The van der Waals surface area contributed by atoms with Crippen LogP contribution in [0.15, 0.2) is 48.5 Å². The molecule has 3 nitrogen and oxygen atoms in total. The third kappa shape index (κ3) is 2.11. The zero-order valence-electron chi connectivity index (χ0n) is 17.0. The Labute approximate surface area is 167 Å². The zero-order chi connectivity index (χ0) is 19.4. The number of benzene rings is 2. The molecule has 1 aliphatic carbocycles. The number of hydrogen-bond donors (Lipinski definition) is 0. The Hall–Kier alpha value is -2.13. The molecular weight excluding hydrogens is 346 g/mol. The largest absolute Gasteiger partial charge is 0.466 e. The number of rotatable bonds is 3. The number of likely N-dealkylation sites (N-methyl/N-ethyl adjacent to an activating group) is 1. The second kappa shape index (κ2) is 6.45. The van der Waals surface area contributed by atoms with Gasteiger partial charge in [0.2, 0.25) is 5.54 Å². The van der Waals surface area contributed by atoms with Crippen LogP contribution in [-0.2, 0) is 27.9 Å². The van der Waals surface area contributed by atoms with Crippen molar-refractivity contribution in [3.63, 3.8) is 0 Å². The summed E-state index contributed by atoms with van der Waals surface area (Å²) in [6.45, 7) is 6.91. The Kier molecular flexibility index (Phi) is 4.13. The molecule has 3 heteroatoms. The van der Waals surface area contributed by atoms with Gasteiger partial charge in [-0.25, -0.2) is 0 Å². The van der Waals surface area contributed by atoms with E-state index in [4.69, 9.17) is 4.74 Å². The van der Waals surface area contributed by atoms with E-state index in [2.05, 4.69) is 55.5 Å². The molecule has 146 valence electrons. The molecule has 2 fully saturated rings. The van der Waals surface area contributed by atoms with Crippen molar-refractivity contribution in [2.75, 3.05) is 19.7 Å². The highest BCUT2D eigenvalue weighted by molar-refractivity contribution is 5.75. The Balaban J connectivity index is 1.77. The van der Waals surface area contributed by atoms with Gasteiger partial charge in [-0.1, -0.05) is 48.5 Å². The van der Waals surface area contributed by atoms with Crippen molar-refractivity contribution >= 4 is 5.97 Å². The number of nitrogens with zero attached hydrogens (tertiary/aromatic N) is 1. The van der Waals surface area contributed by atoms with Gasteiger partial charge in [0.25, 0.3) is 0 Å². The molecule has 0 saturated carbocycles. The first-order valence-electron chi connectivity index (χ1n) is 10.9. The summed E-state index contributed by atoms with van der Waals surface area (Å²) >= 11 is 0. The molecule has 2 aromatic carbocycles. The molecule has 2 aliphatic heterocycles. The molecule has 1 spiro atoms. The number of quaternary nitrogens is 1. The highest BCUT2D eigenvalue weighted by Crippen LogP contribution is 2.68. The van der Waals surface area contributed by atoms with Crippen LogP contribution >= 0.6 is 0 Å². The van der Waals surface area contributed by atoms with Crippen LogP contribution in [0, 0.1) is 5.92 Å². The summed E-state index contributed by atoms with van der Waals surface area (Å²) in [5, 5.41) is 0. The quantitative estimate of drug-likeness (QED) is 0.455. The van der Waals surface area contributed by atoms with Crippen molar-refractivity contribution in [3.8, 4) is 0 Å². The van der Waals surface area contributed by atoms with Crippen LogP contribution in [0.25, 0.3) is 0 Å². The van der Waals surface area contributed by atoms with Gasteiger partial charge >= 0.3 is 5.97 Å². The Morgan fingerprint density at radius 2 is 1.64 bits per heavy atom. The SMILES string of the molecule is CCOC(=O)C1CCC[N@+]2(CC)C1C21c2ccccc2CCc2ccccc21. The van der Waals surface area contributed by atoms with E-state index in [0.717, 1.165) is 43.3 Å². The molecule has 0 amide bonds. The Morgan fingerprint density at radius 1 is 1.04 bits per heavy atom. The normalized spacial score (nSPS) is 29.2. The number of carbonyl (C=O) groups is 1. The average molecular weight is 377 g/mol. The lowest BCUT2D eigenvalue weighted by Gasteiger charge is -2.30. The number of esters is 1. The number of hydrogen-bond acceptors (Lipinski definition) is 2. The average Bonchev–Trinajstić information content (AvgIpc) is 3.40. The molecule has 2 aromatic rings. The second-order valence-electron chi connectivity index (χ2n) is 8.60. The maximum atomic E-state index is 13.0. The lowest BCUT2D eigenvalue weighted by Crippen LogP contribution is -2.41. The number of piperidine rings is 1. The van der Waals surface area contributed by atoms with Crippen molar-refractivity contribution in [3.05, 3.63) is 70.8 Å². The Bertz CT molecular complexity index is 873. The molecule has 0 bridgehead atoms. The smallest absolute Gasteiger partial charge is 0.315 e. The highest BCUT2D eigenvalue weighted by Gasteiger charge is 2.84. The molecule has 28 heavy (non-hydrogen) atoms. The van der Waals surface area contributed by atoms with Crippen molar-refractivity contribution in [1.29, 1.82) is 0 Å². The van der Waals surface area contributed by atoms with E-state index in [-0.39, 0.29) is 17.4 Å². The van der Waals surface area contributed by atoms with Gasteiger partial charge in [0.05, 0.1) is 19.7 Å². The molecule has 0 N–H and O–H groups in total. The molecular formula is C25H30NO2+. The zero-order valence-corrected chi connectivity index (χ0v) is 17.0. The number of ether oxygens (including phenoxy) is 1. The number of aryl methyl sites for hydroxylation is 2. The minimum atomic E-state index is -0.0909. The number of carbonyl (C=O) groups excluding carboxylic acids is 1. The van der Waals surface area contributed by atoms with E-state index in [0.29, 0.717) is 12.6 Å². The van der Waals surface area contributed by atoms with Crippen LogP contribution in [0.3, 0.4) is 0 Å². The summed E-state index contributed by atoms with van der Waals surface area (Å²) in [5.74, 6) is 0.00657. The van der Waals surface area contributed by atoms with Crippen LogP contribution in [0.1, 0.15) is 48.9 Å². The topological polar surface area (TPSA) is 26.3 Å². The summed E-state index contributed by atoms with van der Waals surface area (Å²) in [7, 11) is 0. The molecule has 3 aliphatic rings. The van der Waals surface area contributed by atoms with Crippen LogP contribution in [0.5, 0.6) is 0 Å². The van der Waals surface area contributed by atoms with Crippen LogP contribution < -0.4 is 0 Å². The molecule has 2 heterocycles. The van der Waals surface area contributed by atoms with E-state index < -0.39 is 0 Å². The first-order chi connectivity index (χ1) is 13.7. The summed E-state index contributed by atoms with van der Waals surface area (Å²) < 4.78 is 6.58. The van der Waals surface area contributed by atoms with Gasteiger partial charge in [-0.15, -0.1) is 0 Å². The van der Waals surface area contributed by atoms with E-state index >= 15 is 0 Å². The summed E-state index contributed by atoms with van der Waals surface area (Å²) in [6.07, 6.45) is 4.21. The summed E-state index contributed by atoms with van der Waals surface area (Å²) in [4.78, 5) is 13.0. The van der Waals surface area contributed by atoms with Gasteiger partial charge in [-0.2, -0.15) is 0 Å². The van der Waals surface area contributed by atoms with Gasteiger partial charge in [0.1, 0.15) is 5.92 Å². The fourth-order valence-electron chi connectivity index (χ4n) is 6.79. The molecule has 0 radical (unpaired) electrons. The Morgan fingerprint density at radius 3 is 2.21 bits per heavy atom. The minimum absolute atomic E-state index is 0.00661. The van der Waals surface area contributed by atoms with Crippen molar-refractivity contribution in [2.45, 2.75) is 51.1 Å². The molecule has 2 saturated heterocycles. The lowest BCUT2D eigenvalue weighted by atomic mass is 9.80. The van der Waals surface area contributed by atoms with E-state index in [1.165, 1.54) is 22.3 Å². The van der Waals surface area contributed by atoms with Crippen molar-refractivity contribution in [1.82, 2.24) is 0 Å². The standard InChI is InChI=1S/C25H30NO2/c1-3-26-17-9-12-20(24(27)28-4-2)23(26)25(26)21-13-7-5-10-18(21)15-16-19-11-6-8-14-22(19)25/h5-8,10-11,13-14,20,23H,3-4,9,12,15-17H2,1-2H3/q+1/t20?,23?,26-/m1/s1. The van der Waals surface area contributed by atoms with Crippen LogP contribution in [0.4, 0.5) is 0 Å². The maximum Gasteiger partial charge on any atom is 0.315 e. The minimum Gasteiger partial charge on any atom is -0.466 e. The molecule has 5 rings (SSSR count). The third-order valence-corrected chi connectivity index (χ3v) is 7.72. The van der Waals surface area contributed by atoms with E-state index in [9.17, 15) is 4.79 Å². The molecule has 0 aromatic heterocycles. The fourth-order valence-corrected chi connectivity index (χ4v) is 6.79. The third-order valence-electron chi connectivity index (χ3n) is 7.72. The molecule has 3 atom stereocenters. The van der Waals surface area contributed by atoms with Crippen molar-refractivity contribution in [2.24, 2.45) is 5.92 Å². The first-order valence-corrected chi connectivity index (χ1v) is 10.9. The predicted octanol–water partition coefficient (Wildman–Crippen LogP) is 4.22. The van der Waals surface area contributed by atoms with Crippen LogP contribution in [0.2, 0.25) is 0 Å². The fraction of sp³-hybridized carbons (Fsp3) is 0.480. The van der Waals surface area contributed by atoms with Gasteiger partial charge < -0.3 is 4.74 Å². The van der Waals surface area contributed by atoms with E-state index in [1.54, 1.807) is 0 Å². The predicted molar refractivity (Wildman–Crippen MR) is 110 cm³/mol. The highest BCUT2D eigenvalue weighted by atomic mass is 16.5. The second-order valence-corrected chi connectivity index (χ2v) is 8.60. The van der Waals surface area contributed by atoms with Crippen molar-refractivity contribution < 1.29 is 14.0 Å². The van der Waals surface area contributed by atoms with Gasteiger partial charge in [-0.3, -0.25) is 9.28 Å². The monoisotopic (exact) mass is 376 g/mol.